The highest BCUT2D eigenvalue weighted by Crippen LogP contribution is 2.25. The number of aryl methyl sites for hydroxylation is 1. The first-order valence-corrected chi connectivity index (χ1v) is 10.1. The number of carbonyl (C=O) groups excluding carboxylic acids is 1. The SMILES string of the molecule is Cc1ccc2nc(CN3CCN(C(=O)C4CCCCC4)CC3)cc(=O)n2c1. The van der Waals surface area contributed by atoms with Crippen LogP contribution in [0.15, 0.2) is 29.2 Å². The van der Waals surface area contributed by atoms with E-state index in [9.17, 15) is 9.59 Å². The molecule has 144 valence electrons. The van der Waals surface area contributed by atoms with Gasteiger partial charge in [-0.2, -0.15) is 0 Å². The molecule has 0 N–H and O–H groups in total. The van der Waals surface area contributed by atoms with Crippen molar-refractivity contribution in [2.24, 2.45) is 5.92 Å². The second-order valence-corrected chi connectivity index (χ2v) is 7.96. The maximum absolute atomic E-state index is 12.7. The first-order chi connectivity index (χ1) is 13.1. The highest BCUT2D eigenvalue weighted by atomic mass is 16.2. The molecule has 6 heteroatoms. The Morgan fingerprint density at radius 2 is 1.85 bits per heavy atom. The molecule has 2 fully saturated rings. The summed E-state index contributed by atoms with van der Waals surface area (Å²) in [5.41, 5.74) is 2.49. The summed E-state index contributed by atoms with van der Waals surface area (Å²) in [6.07, 6.45) is 7.60. The molecule has 2 aliphatic rings. The molecule has 0 spiro atoms. The molecule has 2 aromatic heterocycles. The highest BCUT2D eigenvalue weighted by molar-refractivity contribution is 5.79. The van der Waals surface area contributed by atoms with Crippen molar-refractivity contribution in [1.29, 1.82) is 0 Å². The Hall–Kier alpha value is -2.21. The van der Waals surface area contributed by atoms with Crippen LogP contribution in [-0.2, 0) is 11.3 Å². The summed E-state index contributed by atoms with van der Waals surface area (Å²) < 4.78 is 1.60. The third-order valence-corrected chi connectivity index (χ3v) is 5.88. The Kier molecular flexibility index (Phi) is 5.25. The number of nitrogens with zero attached hydrogens (tertiary/aromatic N) is 4. The molecule has 0 atom stereocenters. The van der Waals surface area contributed by atoms with Gasteiger partial charge < -0.3 is 4.90 Å². The van der Waals surface area contributed by atoms with Crippen LogP contribution in [0.5, 0.6) is 0 Å². The van der Waals surface area contributed by atoms with Crippen molar-refractivity contribution >= 4 is 11.6 Å². The molecular weight excluding hydrogens is 340 g/mol. The highest BCUT2D eigenvalue weighted by Gasteiger charge is 2.28. The molecule has 1 amide bonds. The van der Waals surface area contributed by atoms with Gasteiger partial charge in [-0.15, -0.1) is 0 Å². The molecule has 27 heavy (non-hydrogen) atoms. The Morgan fingerprint density at radius 1 is 1.11 bits per heavy atom. The van der Waals surface area contributed by atoms with Crippen molar-refractivity contribution < 1.29 is 4.79 Å². The number of rotatable bonds is 3. The molecule has 6 nitrogen and oxygen atoms in total. The van der Waals surface area contributed by atoms with E-state index in [2.05, 4.69) is 9.88 Å². The van der Waals surface area contributed by atoms with Crippen LogP contribution in [0.4, 0.5) is 0 Å². The first kappa shape index (κ1) is 18.2. The number of piperazine rings is 1. The van der Waals surface area contributed by atoms with Crippen LogP contribution < -0.4 is 5.56 Å². The molecule has 2 aromatic rings. The van der Waals surface area contributed by atoms with Gasteiger partial charge in [-0.05, 0) is 31.4 Å². The fraction of sp³-hybridized carbons (Fsp3) is 0.571. The van der Waals surface area contributed by atoms with E-state index in [4.69, 9.17) is 0 Å². The monoisotopic (exact) mass is 368 g/mol. The maximum atomic E-state index is 12.7. The lowest BCUT2D eigenvalue weighted by Crippen LogP contribution is -2.50. The number of aromatic nitrogens is 2. The van der Waals surface area contributed by atoms with Crippen molar-refractivity contribution in [2.45, 2.75) is 45.6 Å². The van der Waals surface area contributed by atoms with Crippen molar-refractivity contribution in [3.63, 3.8) is 0 Å². The van der Waals surface area contributed by atoms with Gasteiger partial charge >= 0.3 is 0 Å². The largest absolute Gasteiger partial charge is 0.340 e. The topological polar surface area (TPSA) is 57.9 Å². The van der Waals surface area contributed by atoms with Crippen LogP contribution in [0.1, 0.15) is 43.4 Å². The summed E-state index contributed by atoms with van der Waals surface area (Å²) in [4.78, 5) is 34.0. The fourth-order valence-corrected chi connectivity index (χ4v) is 4.30. The zero-order chi connectivity index (χ0) is 18.8. The van der Waals surface area contributed by atoms with Gasteiger partial charge in [0, 0.05) is 50.9 Å². The van der Waals surface area contributed by atoms with Gasteiger partial charge in [-0.1, -0.05) is 25.3 Å². The summed E-state index contributed by atoms with van der Waals surface area (Å²) in [5, 5.41) is 0. The lowest BCUT2D eigenvalue weighted by Gasteiger charge is -2.37. The molecule has 1 aliphatic heterocycles. The number of fused-ring (bicyclic) bond motifs is 1. The normalized spacial score (nSPS) is 19.5. The Morgan fingerprint density at radius 3 is 2.59 bits per heavy atom. The molecule has 0 unspecified atom stereocenters. The van der Waals surface area contributed by atoms with Gasteiger partial charge in [0.15, 0.2) is 0 Å². The van der Waals surface area contributed by atoms with Crippen molar-refractivity contribution in [3.05, 3.63) is 46.0 Å². The minimum absolute atomic E-state index is 0.0372. The zero-order valence-corrected chi connectivity index (χ0v) is 16.1. The van der Waals surface area contributed by atoms with Gasteiger partial charge in [0.2, 0.25) is 5.91 Å². The minimum atomic E-state index is -0.0372. The van der Waals surface area contributed by atoms with E-state index in [1.807, 2.05) is 30.2 Å². The first-order valence-electron chi connectivity index (χ1n) is 10.1. The van der Waals surface area contributed by atoms with Gasteiger partial charge in [-0.3, -0.25) is 18.9 Å². The quantitative estimate of drug-likeness (QED) is 0.834. The smallest absolute Gasteiger partial charge is 0.258 e. The lowest BCUT2D eigenvalue weighted by molar-refractivity contribution is -0.138. The van der Waals surface area contributed by atoms with Crippen LogP contribution >= 0.6 is 0 Å². The Balaban J connectivity index is 1.38. The fourth-order valence-electron chi connectivity index (χ4n) is 4.30. The summed E-state index contributed by atoms with van der Waals surface area (Å²) in [6.45, 7) is 5.86. The standard InChI is InChI=1S/C21H28N4O2/c1-16-7-8-19-22-18(13-20(26)25(19)14-16)15-23-9-11-24(12-10-23)21(27)17-5-3-2-4-6-17/h7-8,13-14,17H,2-6,9-12,15H2,1H3. The third-order valence-electron chi connectivity index (χ3n) is 5.88. The molecule has 0 bridgehead atoms. The second kappa shape index (κ2) is 7.80. The van der Waals surface area contributed by atoms with Crippen LogP contribution in [-0.4, -0.2) is 51.3 Å². The average Bonchev–Trinajstić information content (AvgIpc) is 2.69. The number of carbonyl (C=O) groups is 1. The van der Waals surface area contributed by atoms with E-state index in [0.29, 0.717) is 18.1 Å². The van der Waals surface area contributed by atoms with Crippen molar-refractivity contribution in [1.82, 2.24) is 19.2 Å². The number of hydrogen-bond donors (Lipinski definition) is 0. The summed E-state index contributed by atoms with van der Waals surface area (Å²) >= 11 is 0. The molecular formula is C21H28N4O2. The molecule has 3 heterocycles. The summed E-state index contributed by atoms with van der Waals surface area (Å²) in [5.74, 6) is 0.600. The number of hydrogen-bond acceptors (Lipinski definition) is 4. The Labute approximate surface area is 159 Å². The number of pyridine rings is 1. The van der Waals surface area contributed by atoms with E-state index in [1.54, 1.807) is 10.5 Å². The van der Waals surface area contributed by atoms with E-state index in [-0.39, 0.29) is 11.5 Å². The minimum Gasteiger partial charge on any atom is -0.340 e. The lowest BCUT2D eigenvalue weighted by atomic mass is 9.88. The average molecular weight is 368 g/mol. The van der Waals surface area contributed by atoms with Gasteiger partial charge in [-0.25, -0.2) is 4.98 Å². The van der Waals surface area contributed by atoms with E-state index in [0.717, 1.165) is 50.3 Å². The Bertz CT molecular complexity index is 877. The van der Waals surface area contributed by atoms with E-state index in [1.165, 1.54) is 19.3 Å². The van der Waals surface area contributed by atoms with Gasteiger partial charge in [0.1, 0.15) is 5.65 Å². The molecule has 1 saturated heterocycles. The van der Waals surface area contributed by atoms with Crippen molar-refractivity contribution in [3.8, 4) is 0 Å². The van der Waals surface area contributed by atoms with Crippen molar-refractivity contribution in [2.75, 3.05) is 26.2 Å². The zero-order valence-electron chi connectivity index (χ0n) is 16.1. The second-order valence-electron chi connectivity index (χ2n) is 7.96. The third kappa shape index (κ3) is 4.05. The summed E-state index contributed by atoms with van der Waals surface area (Å²) in [6, 6.07) is 5.49. The van der Waals surface area contributed by atoms with E-state index >= 15 is 0 Å². The van der Waals surface area contributed by atoms with Crippen LogP contribution in [0, 0.1) is 12.8 Å². The van der Waals surface area contributed by atoms with Crippen LogP contribution in [0.2, 0.25) is 0 Å². The number of amides is 1. The molecule has 0 aromatic carbocycles. The van der Waals surface area contributed by atoms with Gasteiger partial charge in [0.25, 0.3) is 5.56 Å². The molecule has 4 rings (SSSR count). The maximum Gasteiger partial charge on any atom is 0.258 e. The predicted molar refractivity (Wildman–Crippen MR) is 105 cm³/mol. The van der Waals surface area contributed by atoms with Crippen LogP contribution in [0.3, 0.4) is 0 Å². The van der Waals surface area contributed by atoms with E-state index < -0.39 is 0 Å². The van der Waals surface area contributed by atoms with Gasteiger partial charge in [0.05, 0.1) is 5.69 Å². The van der Waals surface area contributed by atoms with Crippen LogP contribution in [0.25, 0.3) is 5.65 Å². The molecule has 1 aliphatic carbocycles. The molecule has 1 saturated carbocycles. The molecule has 0 radical (unpaired) electrons. The summed E-state index contributed by atoms with van der Waals surface area (Å²) in [7, 11) is 0. The predicted octanol–water partition coefficient (Wildman–Crippen LogP) is 2.23.